The predicted molar refractivity (Wildman–Crippen MR) is 244 cm³/mol. The molecule has 1 saturated carbocycles. The Morgan fingerprint density at radius 2 is 0.897 bits per heavy atom. The van der Waals surface area contributed by atoms with Crippen molar-refractivity contribution in [2.75, 3.05) is 10.6 Å². The number of hydrogen-bond donors (Lipinski definition) is 2. The zero-order valence-corrected chi connectivity index (χ0v) is 34.8. The van der Waals surface area contributed by atoms with Gasteiger partial charge in [-0.25, -0.2) is 0 Å². The molecule has 58 heavy (non-hydrogen) atoms. The van der Waals surface area contributed by atoms with Crippen LogP contribution in [-0.4, -0.2) is 4.98 Å². The summed E-state index contributed by atoms with van der Waals surface area (Å²) >= 11 is 0. The Kier molecular flexibility index (Phi) is 11.9. The summed E-state index contributed by atoms with van der Waals surface area (Å²) in [6.45, 7) is 11.0. The lowest BCUT2D eigenvalue weighted by Crippen LogP contribution is -2.18. The van der Waals surface area contributed by atoms with Crippen molar-refractivity contribution in [1.82, 2.24) is 4.98 Å². The molecule has 0 amide bonds. The summed E-state index contributed by atoms with van der Waals surface area (Å²) in [7, 11) is 0. The number of benzene rings is 6. The first-order valence-electron chi connectivity index (χ1n) is 21.3. The smallest absolute Gasteiger partial charge is 0.0657 e. The lowest BCUT2D eigenvalue weighted by molar-refractivity contribution is 0.713. The number of nitrogens with one attached hydrogen (secondary N) is 2. The van der Waals surface area contributed by atoms with Crippen molar-refractivity contribution in [3.8, 4) is 0 Å². The number of aryl methyl sites for hydroxylation is 3. The fourth-order valence-corrected chi connectivity index (χ4v) is 9.48. The normalized spacial score (nSPS) is 14.1. The van der Waals surface area contributed by atoms with E-state index in [4.69, 9.17) is 4.98 Å². The summed E-state index contributed by atoms with van der Waals surface area (Å²) in [5, 5.41) is 8.00. The van der Waals surface area contributed by atoms with Gasteiger partial charge in [-0.15, -0.1) is 0 Å². The molecule has 7 aromatic rings. The quantitative estimate of drug-likeness (QED) is 0.115. The molecule has 1 aliphatic carbocycles. The molecule has 292 valence electrons. The Labute approximate surface area is 346 Å². The monoisotopic (exact) mass is 759 g/mol. The number of nitrogens with zero attached hydrogens (tertiary/aromatic N) is 1. The minimum atomic E-state index is -0.0361. The van der Waals surface area contributed by atoms with Gasteiger partial charge in [0.1, 0.15) is 0 Å². The zero-order chi connectivity index (χ0) is 40.0. The molecule has 1 aliphatic rings. The SMILES string of the molecule is Cc1cc(C)c(NC(C)c2cccc(C(C)Nc3c(C4CCCC4)cc(C(c4ccccc4)c4ccccc4)cc3C(c3ccccc3)c3ccccc3)n2)c(C)c1. The van der Waals surface area contributed by atoms with E-state index in [0.29, 0.717) is 5.92 Å². The second-order valence-electron chi connectivity index (χ2n) is 16.6. The highest BCUT2D eigenvalue weighted by Gasteiger charge is 2.30. The van der Waals surface area contributed by atoms with Gasteiger partial charge in [0.25, 0.3) is 0 Å². The maximum atomic E-state index is 5.36. The second kappa shape index (κ2) is 17.7. The van der Waals surface area contributed by atoms with E-state index in [-0.39, 0.29) is 23.9 Å². The van der Waals surface area contributed by atoms with Gasteiger partial charge in [0.05, 0.1) is 23.5 Å². The molecule has 0 spiro atoms. The Bertz CT molecular complexity index is 2320. The Morgan fingerprint density at radius 1 is 0.466 bits per heavy atom. The third-order valence-corrected chi connectivity index (χ3v) is 12.3. The minimum Gasteiger partial charge on any atom is -0.377 e. The van der Waals surface area contributed by atoms with Gasteiger partial charge in [-0.3, -0.25) is 4.98 Å². The molecule has 0 bridgehead atoms. The van der Waals surface area contributed by atoms with Crippen LogP contribution in [0.2, 0.25) is 0 Å². The fourth-order valence-electron chi connectivity index (χ4n) is 9.48. The van der Waals surface area contributed by atoms with Crippen molar-refractivity contribution in [3.05, 3.63) is 231 Å². The van der Waals surface area contributed by atoms with Crippen LogP contribution in [0.1, 0.15) is 136 Å². The van der Waals surface area contributed by atoms with E-state index in [0.717, 1.165) is 11.4 Å². The van der Waals surface area contributed by atoms with Crippen molar-refractivity contribution in [2.24, 2.45) is 0 Å². The van der Waals surface area contributed by atoms with E-state index in [9.17, 15) is 0 Å². The minimum absolute atomic E-state index is 0.0221. The summed E-state index contributed by atoms with van der Waals surface area (Å²) in [4.78, 5) is 5.36. The summed E-state index contributed by atoms with van der Waals surface area (Å²) in [5.41, 5.74) is 17.6. The number of anilines is 2. The lowest BCUT2D eigenvalue weighted by Gasteiger charge is -2.31. The zero-order valence-electron chi connectivity index (χ0n) is 34.8. The summed E-state index contributed by atoms with van der Waals surface area (Å²) in [5.74, 6) is 0.583. The first-order chi connectivity index (χ1) is 28.3. The van der Waals surface area contributed by atoms with Gasteiger partial charge in [-0.1, -0.05) is 170 Å². The van der Waals surface area contributed by atoms with Crippen LogP contribution in [0.5, 0.6) is 0 Å². The second-order valence-corrected chi connectivity index (χ2v) is 16.6. The Balaban J connectivity index is 1.28. The third-order valence-electron chi connectivity index (χ3n) is 12.3. The molecular weight excluding hydrogens is 703 g/mol. The van der Waals surface area contributed by atoms with Gasteiger partial charge >= 0.3 is 0 Å². The van der Waals surface area contributed by atoms with E-state index in [1.807, 2.05) is 0 Å². The fraction of sp³-hybridized carbons (Fsp3) is 0.255. The molecule has 2 N–H and O–H groups in total. The number of rotatable bonds is 13. The van der Waals surface area contributed by atoms with Gasteiger partial charge < -0.3 is 10.6 Å². The van der Waals surface area contributed by atoms with Crippen LogP contribution in [0.4, 0.5) is 11.4 Å². The maximum absolute atomic E-state index is 5.36. The molecular formula is C55H57N3. The first-order valence-corrected chi connectivity index (χ1v) is 21.3. The van der Waals surface area contributed by atoms with Gasteiger partial charge in [0.15, 0.2) is 0 Å². The van der Waals surface area contributed by atoms with Gasteiger partial charge in [-0.05, 0) is 116 Å². The van der Waals surface area contributed by atoms with Crippen molar-refractivity contribution < 1.29 is 0 Å². The molecule has 2 unspecified atom stereocenters. The Hall–Kier alpha value is -5.93. The van der Waals surface area contributed by atoms with Crippen molar-refractivity contribution in [1.29, 1.82) is 0 Å². The van der Waals surface area contributed by atoms with Crippen molar-refractivity contribution in [3.63, 3.8) is 0 Å². The highest BCUT2D eigenvalue weighted by Crippen LogP contribution is 2.48. The molecule has 1 aromatic heterocycles. The molecule has 0 radical (unpaired) electrons. The molecule has 1 heterocycles. The highest BCUT2D eigenvalue weighted by atomic mass is 15.0. The van der Waals surface area contributed by atoms with E-state index < -0.39 is 0 Å². The first kappa shape index (κ1) is 38.9. The van der Waals surface area contributed by atoms with Crippen LogP contribution in [0.15, 0.2) is 164 Å². The van der Waals surface area contributed by atoms with Gasteiger partial charge in [0, 0.05) is 23.2 Å². The van der Waals surface area contributed by atoms with Crippen LogP contribution < -0.4 is 10.6 Å². The molecule has 3 heteroatoms. The van der Waals surface area contributed by atoms with Crippen LogP contribution >= 0.6 is 0 Å². The molecule has 1 fully saturated rings. The highest BCUT2D eigenvalue weighted by molar-refractivity contribution is 5.68. The van der Waals surface area contributed by atoms with Crippen LogP contribution in [0.25, 0.3) is 0 Å². The van der Waals surface area contributed by atoms with Crippen molar-refractivity contribution >= 4 is 11.4 Å². The van der Waals surface area contributed by atoms with E-state index in [1.165, 1.54) is 92.7 Å². The molecule has 3 nitrogen and oxygen atoms in total. The van der Waals surface area contributed by atoms with Gasteiger partial charge in [-0.2, -0.15) is 0 Å². The average Bonchev–Trinajstić information content (AvgIpc) is 3.80. The average molecular weight is 760 g/mol. The molecule has 8 rings (SSSR count). The standard InChI is InChI=1S/C55H57N3/c1-37-33-38(2)54(39(3)34-37)56-40(4)50-31-20-32-51(58-50)41(5)57-55-48(42-21-18-19-22-42)35-47(52(43-23-10-6-11-24-43)44-25-12-7-13-26-44)36-49(55)53(45-27-14-8-15-28-45)46-29-16-9-17-30-46/h6-17,20,23-36,40-42,52-53,56-57H,18-19,21-22H2,1-5H3. The topological polar surface area (TPSA) is 37.0 Å². The molecule has 2 atom stereocenters. The number of aromatic nitrogens is 1. The van der Waals surface area contributed by atoms with E-state index in [2.05, 4.69) is 209 Å². The van der Waals surface area contributed by atoms with Crippen LogP contribution in [0.3, 0.4) is 0 Å². The molecule has 0 aliphatic heterocycles. The molecule has 6 aromatic carbocycles. The summed E-state index contributed by atoms with van der Waals surface area (Å²) < 4.78 is 0. The Morgan fingerprint density at radius 3 is 1.36 bits per heavy atom. The maximum Gasteiger partial charge on any atom is 0.0657 e. The summed E-state index contributed by atoms with van der Waals surface area (Å²) in [6.07, 6.45) is 4.91. The predicted octanol–water partition coefficient (Wildman–Crippen LogP) is 14.4. The van der Waals surface area contributed by atoms with E-state index >= 15 is 0 Å². The number of pyridine rings is 1. The molecule has 0 saturated heterocycles. The van der Waals surface area contributed by atoms with Gasteiger partial charge in [0.2, 0.25) is 0 Å². The van der Waals surface area contributed by atoms with Crippen molar-refractivity contribution in [2.45, 2.75) is 90.1 Å². The third kappa shape index (κ3) is 8.50. The van der Waals surface area contributed by atoms with E-state index in [1.54, 1.807) is 0 Å². The summed E-state index contributed by atoms with van der Waals surface area (Å²) in [6, 6.07) is 60.5. The number of hydrogen-bond acceptors (Lipinski definition) is 3. The lowest BCUT2D eigenvalue weighted by atomic mass is 9.77. The van der Waals surface area contributed by atoms with Crippen LogP contribution in [-0.2, 0) is 0 Å². The largest absolute Gasteiger partial charge is 0.377 e. The van der Waals surface area contributed by atoms with Crippen LogP contribution in [0, 0.1) is 20.8 Å².